The lowest BCUT2D eigenvalue weighted by Crippen LogP contribution is -2.48. The van der Waals surface area contributed by atoms with Crippen LogP contribution in [-0.4, -0.2) is 44.6 Å². The molecule has 1 saturated heterocycles. The molecule has 1 aliphatic carbocycles. The van der Waals surface area contributed by atoms with E-state index in [0.29, 0.717) is 31.2 Å². The number of carbonyl (C=O) groups excluding carboxylic acids is 1. The van der Waals surface area contributed by atoms with E-state index in [1.807, 2.05) is 0 Å². The summed E-state index contributed by atoms with van der Waals surface area (Å²) >= 11 is 0. The van der Waals surface area contributed by atoms with Crippen LogP contribution in [0.3, 0.4) is 0 Å². The molecule has 3 rings (SSSR count). The third-order valence-corrected chi connectivity index (χ3v) is 4.87. The number of aromatic nitrogens is 2. The summed E-state index contributed by atoms with van der Waals surface area (Å²) in [5.41, 5.74) is 0. The van der Waals surface area contributed by atoms with Gasteiger partial charge in [0.2, 0.25) is 11.8 Å². The molecular formula is C16H23N3O4. The molecule has 0 spiro atoms. The van der Waals surface area contributed by atoms with Crippen LogP contribution in [0, 0.1) is 0 Å². The van der Waals surface area contributed by atoms with Gasteiger partial charge in [0.1, 0.15) is 6.04 Å². The molecule has 1 aliphatic heterocycles. The highest BCUT2D eigenvalue weighted by Crippen LogP contribution is 2.32. The predicted octanol–water partition coefficient (Wildman–Crippen LogP) is 2.13. The van der Waals surface area contributed by atoms with Crippen LogP contribution in [0.25, 0.3) is 0 Å². The summed E-state index contributed by atoms with van der Waals surface area (Å²) in [6.07, 6.45) is 7.47. The first kappa shape index (κ1) is 16.0. The zero-order valence-electron chi connectivity index (χ0n) is 13.2. The van der Waals surface area contributed by atoms with E-state index < -0.39 is 12.0 Å². The average Bonchev–Trinajstić information content (AvgIpc) is 3.23. The van der Waals surface area contributed by atoms with Gasteiger partial charge in [0.15, 0.2) is 5.82 Å². The first-order chi connectivity index (χ1) is 11.1. The summed E-state index contributed by atoms with van der Waals surface area (Å²) in [4.78, 5) is 29.5. The molecular weight excluding hydrogens is 298 g/mol. The maximum absolute atomic E-state index is 12.3. The average molecular weight is 321 g/mol. The molecule has 1 N–H and O–H groups in total. The van der Waals surface area contributed by atoms with Crippen LogP contribution >= 0.6 is 0 Å². The summed E-state index contributed by atoms with van der Waals surface area (Å²) in [7, 11) is 0. The Balaban J connectivity index is 1.54. The van der Waals surface area contributed by atoms with Gasteiger partial charge in [-0.05, 0) is 32.1 Å². The van der Waals surface area contributed by atoms with E-state index in [0.717, 1.165) is 31.5 Å². The van der Waals surface area contributed by atoms with Gasteiger partial charge in [0.25, 0.3) is 0 Å². The fraction of sp³-hybridized carbons (Fsp3) is 0.750. The molecule has 0 aromatic carbocycles. The van der Waals surface area contributed by atoms with Gasteiger partial charge in [0, 0.05) is 25.3 Å². The highest BCUT2D eigenvalue weighted by molar-refractivity contribution is 5.83. The second-order valence-electron chi connectivity index (χ2n) is 6.46. The Morgan fingerprint density at radius 1 is 1.17 bits per heavy atom. The molecule has 7 heteroatoms. The highest BCUT2D eigenvalue weighted by atomic mass is 16.5. The highest BCUT2D eigenvalue weighted by Gasteiger charge is 2.31. The standard InChI is InChI=1S/C16H23N3O4/c20-14(19-10-4-3-7-12(19)16(21)22)9-8-13-17-15(18-23-13)11-5-1-2-6-11/h11-12H,1-10H2,(H,21,22)/t12-/m0/s1. The van der Waals surface area contributed by atoms with E-state index in [1.165, 1.54) is 17.7 Å². The normalized spacial score (nSPS) is 22.4. The number of amides is 1. The van der Waals surface area contributed by atoms with Gasteiger partial charge in [-0.2, -0.15) is 4.98 Å². The number of aryl methyl sites for hydroxylation is 1. The second-order valence-corrected chi connectivity index (χ2v) is 6.46. The number of hydrogen-bond acceptors (Lipinski definition) is 5. The number of likely N-dealkylation sites (tertiary alicyclic amines) is 1. The fourth-order valence-electron chi connectivity index (χ4n) is 3.56. The van der Waals surface area contributed by atoms with Crippen molar-refractivity contribution in [1.82, 2.24) is 15.0 Å². The molecule has 126 valence electrons. The van der Waals surface area contributed by atoms with Gasteiger partial charge in [-0.25, -0.2) is 4.79 Å². The third-order valence-electron chi connectivity index (χ3n) is 4.87. The van der Waals surface area contributed by atoms with Crippen molar-refractivity contribution in [2.75, 3.05) is 6.54 Å². The molecule has 7 nitrogen and oxygen atoms in total. The zero-order valence-corrected chi connectivity index (χ0v) is 13.2. The van der Waals surface area contributed by atoms with Gasteiger partial charge in [0.05, 0.1) is 0 Å². The Hall–Kier alpha value is -1.92. The van der Waals surface area contributed by atoms with Crippen molar-refractivity contribution in [1.29, 1.82) is 0 Å². The maximum atomic E-state index is 12.3. The summed E-state index contributed by atoms with van der Waals surface area (Å²) in [6, 6.07) is -0.687. The van der Waals surface area contributed by atoms with Crippen molar-refractivity contribution < 1.29 is 19.2 Å². The SMILES string of the molecule is O=C(O)[C@@H]1CCCCN1C(=O)CCc1nc(C2CCCC2)no1. The van der Waals surface area contributed by atoms with Crippen molar-refractivity contribution in [3.05, 3.63) is 11.7 Å². The number of carboxylic acid groups (broad SMARTS) is 1. The minimum atomic E-state index is -0.917. The first-order valence-corrected chi connectivity index (χ1v) is 8.50. The van der Waals surface area contributed by atoms with E-state index in [1.54, 1.807) is 0 Å². The van der Waals surface area contributed by atoms with Crippen LogP contribution < -0.4 is 0 Å². The Labute approximate surface area is 135 Å². The number of hydrogen-bond donors (Lipinski definition) is 1. The minimum absolute atomic E-state index is 0.141. The van der Waals surface area contributed by atoms with Crippen LogP contribution in [0.15, 0.2) is 4.52 Å². The number of carboxylic acids is 1. The summed E-state index contributed by atoms with van der Waals surface area (Å²) in [6.45, 7) is 0.521. The van der Waals surface area contributed by atoms with Gasteiger partial charge in [-0.3, -0.25) is 4.79 Å². The predicted molar refractivity (Wildman–Crippen MR) is 80.8 cm³/mol. The monoisotopic (exact) mass is 321 g/mol. The van der Waals surface area contributed by atoms with Crippen molar-refractivity contribution >= 4 is 11.9 Å². The largest absolute Gasteiger partial charge is 0.480 e. The van der Waals surface area contributed by atoms with Crippen molar-refractivity contribution in [3.63, 3.8) is 0 Å². The number of piperidine rings is 1. The van der Waals surface area contributed by atoms with Crippen molar-refractivity contribution in [3.8, 4) is 0 Å². The molecule has 1 aromatic heterocycles. The van der Waals surface area contributed by atoms with Crippen LogP contribution in [0.4, 0.5) is 0 Å². The minimum Gasteiger partial charge on any atom is -0.480 e. The summed E-state index contributed by atoms with van der Waals surface area (Å²) in [5.74, 6) is 0.564. The Morgan fingerprint density at radius 3 is 2.65 bits per heavy atom. The molecule has 23 heavy (non-hydrogen) atoms. The topological polar surface area (TPSA) is 96.5 Å². The molecule has 0 unspecified atom stereocenters. The van der Waals surface area contributed by atoms with Gasteiger partial charge in [-0.1, -0.05) is 18.0 Å². The van der Waals surface area contributed by atoms with E-state index >= 15 is 0 Å². The third kappa shape index (κ3) is 3.71. The molecule has 2 heterocycles. The van der Waals surface area contributed by atoms with Crippen molar-refractivity contribution in [2.24, 2.45) is 0 Å². The molecule has 2 fully saturated rings. The second kappa shape index (κ2) is 7.10. The number of carbonyl (C=O) groups is 2. The smallest absolute Gasteiger partial charge is 0.326 e. The summed E-state index contributed by atoms with van der Waals surface area (Å²) in [5, 5.41) is 13.3. The van der Waals surface area contributed by atoms with Gasteiger partial charge < -0.3 is 14.5 Å². The first-order valence-electron chi connectivity index (χ1n) is 8.50. The number of aliphatic carboxylic acids is 1. The van der Waals surface area contributed by atoms with E-state index in [9.17, 15) is 14.7 Å². The lowest BCUT2D eigenvalue weighted by Gasteiger charge is -2.32. The lowest BCUT2D eigenvalue weighted by molar-refractivity contribution is -0.152. The van der Waals surface area contributed by atoms with Crippen LogP contribution in [-0.2, 0) is 16.0 Å². The van der Waals surface area contributed by atoms with E-state index in [2.05, 4.69) is 10.1 Å². The lowest BCUT2D eigenvalue weighted by atomic mass is 10.0. The van der Waals surface area contributed by atoms with Crippen LogP contribution in [0.5, 0.6) is 0 Å². The molecule has 1 atom stereocenters. The Bertz CT molecular complexity index is 565. The Morgan fingerprint density at radius 2 is 1.91 bits per heavy atom. The maximum Gasteiger partial charge on any atom is 0.326 e. The molecule has 2 aliphatic rings. The molecule has 1 aromatic rings. The zero-order chi connectivity index (χ0) is 16.2. The number of nitrogens with zero attached hydrogens (tertiary/aromatic N) is 3. The summed E-state index contributed by atoms with van der Waals surface area (Å²) < 4.78 is 5.24. The van der Waals surface area contributed by atoms with Crippen LogP contribution in [0.2, 0.25) is 0 Å². The molecule has 0 bridgehead atoms. The Kier molecular flexibility index (Phi) is 4.93. The van der Waals surface area contributed by atoms with E-state index in [-0.39, 0.29) is 12.3 Å². The van der Waals surface area contributed by atoms with Crippen LogP contribution in [0.1, 0.15) is 69.0 Å². The molecule has 1 saturated carbocycles. The van der Waals surface area contributed by atoms with E-state index in [4.69, 9.17) is 4.52 Å². The number of rotatable bonds is 5. The quantitative estimate of drug-likeness (QED) is 0.892. The van der Waals surface area contributed by atoms with Gasteiger partial charge in [-0.15, -0.1) is 0 Å². The molecule has 1 amide bonds. The fourth-order valence-corrected chi connectivity index (χ4v) is 3.56. The van der Waals surface area contributed by atoms with Crippen molar-refractivity contribution in [2.45, 2.75) is 69.7 Å². The van der Waals surface area contributed by atoms with Gasteiger partial charge >= 0.3 is 5.97 Å². The molecule has 0 radical (unpaired) electrons.